The van der Waals surface area contributed by atoms with Crippen molar-refractivity contribution in [2.24, 2.45) is 5.92 Å². The second-order valence-electron chi connectivity index (χ2n) is 8.70. The number of amides is 2. The van der Waals surface area contributed by atoms with E-state index in [4.69, 9.17) is 23.5 Å². The molecule has 10 nitrogen and oxygen atoms in total. The number of aromatic nitrogens is 1. The van der Waals surface area contributed by atoms with E-state index >= 15 is 0 Å². The minimum atomic E-state index is -0.385. The van der Waals surface area contributed by atoms with Crippen molar-refractivity contribution in [2.75, 3.05) is 27.6 Å². The summed E-state index contributed by atoms with van der Waals surface area (Å²) in [6.07, 6.45) is 0. The molecule has 4 rings (SSSR count). The molecule has 0 saturated carbocycles. The van der Waals surface area contributed by atoms with Crippen LogP contribution in [0.5, 0.6) is 23.0 Å². The molecule has 0 bridgehead atoms. The molecular weight excluding hydrogens is 466 g/mol. The molecule has 1 N–H and O–H groups in total. The lowest BCUT2D eigenvalue weighted by Crippen LogP contribution is -2.33. The first-order chi connectivity index (χ1) is 17.4. The van der Waals surface area contributed by atoms with Gasteiger partial charge < -0.3 is 33.7 Å². The molecule has 36 heavy (non-hydrogen) atoms. The van der Waals surface area contributed by atoms with Gasteiger partial charge in [-0.2, -0.15) is 0 Å². The lowest BCUT2D eigenvalue weighted by Gasteiger charge is -2.24. The highest BCUT2D eigenvalue weighted by Crippen LogP contribution is 2.32. The number of ether oxygens (including phenoxy) is 4. The van der Waals surface area contributed by atoms with Crippen LogP contribution in [0, 0.1) is 5.92 Å². The number of rotatable bonds is 10. The smallest absolute Gasteiger partial charge is 0.273 e. The van der Waals surface area contributed by atoms with E-state index in [1.165, 1.54) is 14.2 Å². The molecule has 190 valence electrons. The van der Waals surface area contributed by atoms with Gasteiger partial charge in [0.2, 0.25) is 6.79 Å². The van der Waals surface area contributed by atoms with Gasteiger partial charge in [0, 0.05) is 24.7 Å². The van der Waals surface area contributed by atoms with Crippen molar-refractivity contribution in [3.8, 4) is 23.0 Å². The second-order valence-corrected chi connectivity index (χ2v) is 8.70. The Bertz CT molecular complexity index is 1240. The molecule has 3 aromatic rings. The lowest BCUT2D eigenvalue weighted by molar-refractivity contribution is 0.0705. The molecule has 2 heterocycles. The summed E-state index contributed by atoms with van der Waals surface area (Å²) in [6.45, 7) is 5.16. The normalized spacial score (nSPS) is 11.9. The van der Waals surface area contributed by atoms with Crippen LogP contribution in [-0.4, -0.2) is 49.4 Å². The van der Waals surface area contributed by atoms with Gasteiger partial charge in [0.1, 0.15) is 0 Å². The van der Waals surface area contributed by atoms with Crippen molar-refractivity contribution in [1.82, 2.24) is 15.4 Å². The van der Waals surface area contributed by atoms with Crippen molar-refractivity contribution < 1.29 is 33.1 Å². The fourth-order valence-corrected chi connectivity index (χ4v) is 3.82. The van der Waals surface area contributed by atoms with Crippen molar-refractivity contribution in [1.29, 1.82) is 0 Å². The van der Waals surface area contributed by atoms with Gasteiger partial charge in [0.05, 0.1) is 20.8 Å². The van der Waals surface area contributed by atoms with Crippen LogP contribution < -0.4 is 24.3 Å². The number of hydrogen-bond acceptors (Lipinski definition) is 8. The van der Waals surface area contributed by atoms with E-state index in [0.717, 1.165) is 5.56 Å². The zero-order valence-corrected chi connectivity index (χ0v) is 20.7. The third-order valence-electron chi connectivity index (χ3n) is 5.53. The van der Waals surface area contributed by atoms with Gasteiger partial charge in [0.15, 0.2) is 34.5 Å². The minimum absolute atomic E-state index is 0.133. The van der Waals surface area contributed by atoms with Crippen LogP contribution >= 0.6 is 0 Å². The summed E-state index contributed by atoms with van der Waals surface area (Å²) in [5, 5.41) is 6.71. The Balaban J connectivity index is 1.42. The van der Waals surface area contributed by atoms with Crippen LogP contribution in [0.15, 0.2) is 47.0 Å². The summed E-state index contributed by atoms with van der Waals surface area (Å²) in [4.78, 5) is 27.6. The SMILES string of the molecule is COc1ccc(C(=O)N(Cc2cc(C(=O)NCc3ccc4c(c3)OCO4)no2)CC(C)C)cc1OC. The van der Waals surface area contributed by atoms with Gasteiger partial charge in [-0.25, -0.2) is 0 Å². The molecule has 1 aromatic heterocycles. The first-order valence-electron chi connectivity index (χ1n) is 11.5. The summed E-state index contributed by atoms with van der Waals surface area (Å²) in [5.41, 5.74) is 1.45. The van der Waals surface area contributed by atoms with Crippen LogP contribution in [-0.2, 0) is 13.1 Å². The highest BCUT2D eigenvalue weighted by Gasteiger charge is 2.22. The molecule has 0 aliphatic carbocycles. The average Bonchev–Trinajstić information content (AvgIpc) is 3.55. The summed E-state index contributed by atoms with van der Waals surface area (Å²) < 4.78 is 26.7. The van der Waals surface area contributed by atoms with E-state index in [0.29, 0.717) is 40.9 Å². The zero-order chi connectivity index (χ0) is 25.7. The molecular formula is C26H29N3O7. The van der Waals surface area contributed by atoms with E-state index in [1.807, 2.05) is 26.0 Å². The number of carbonyl (C=O) groups excluding carboxylic acids is 2. The van der Waals surface area contributed by atoms with Crippen molar-refractivity contribution in [2.45, 2.75) is 26.9 Å². The number of nitrogens with zero attached hydrogens (tertiary/aromatic N) is 2. The lowest BCUT2D eigenvalue weighted by atomic mass is 10.1. The molecule has 0 unspecified atom stereocenters. The maximum absolute atomic E-state index is 13.3. The van der Waals surface area contributed by atoms with E-state index in [-0.39, 0.29) is 43.3 Å². The number of hydrogen-bond donors (Lipinski definition) is 1. The fraction of sp³-hybridized carbons (Fsp3) is 0.346. The number of fused-ring (bicyclic) bond motifs is 1. The standard InChI is InChI=1S/C26H29N3O7/c1-16(2)13-29(26(31)18-6-8-21(32-3)23(10-18)33-4)14-19-11-20(28-36-19)25(30)27-12-17-5-7-22-24(9-17)35-15-34-22/h5-11,16H,12-15H2,1-4H3,(H,27,30). The first-order valence-corrected chi connectivity index (χ1v) is 11.5. The number of nitrogens with one attached hydrogen (secondary N) is 1. The monoisotopic (exact) mass is 495 g/mol. The maximum Gasteiger partial charge on any atom is 0.273 e. The highest BCUT2D eigenvalue weighted by atomic mass is 16.7. The molecule has 1 aliphatic heterocycles. The Morgan fingerprint density at radius 2 is 1.81 bits per heavy atom. The van der Waals surface area contributed by atoms with Gasteiger partial charge >= 0.3 is 0 Å². The van der Waals surface area contributed by atoms with Gasteiger partial charge in [-0.15, -0.1) is 0 Å². The van der Waals surface area contributed by atoms with E-state index in [1.54, 1.807) is 35.2 Å². The van der Waals surface area contributed by atoms with Crippen molar-refractivity contribution in [3.05, 3.63) is 65.0 Å². The molecule has 1 aliphatic rings. The molecule has 0 atom stereocenters. The van der Waals surface area contributed by atoms with Gasteiger partial charge in [0.25, 0.3) is 11.8 Å². The zero-order valence-electron chi connectivity index (χ0n) is 20.7. The third kappa shape index (κ3) is 5.70. The number of benzene rings is 2. The molecule has 0 spiro atoms. The van der Waals surface area contributed by atoms with Gasteiger partial charge in [-0.05, 0) is 41.8 Å². The van der Waals surface area contributed by atoms with Crippen LogP contribution in [0.3, 0.4) is 0 Å². The predicted molar refractivity (Wildman–Crippen MR) is 129 cm³/mol. The average molecular weight is 496 g/mol. The van der Waals surface area contributed by atoms with Crippen LogP contribution in [0.25, 0.3) is 0 Å². The molecule has 0 saturated heterocycles. The van der Waals surface area contributed by atoms with Gasteiger partial charge in [-0.3, -0.25) is 9.59 Å². The fourth-order valence-electron chi connectivity index (χ4n) is 3.82. The quantitative estimate of drug-likeness (QED) is 0.454. The summed E-state index contributed by atoms with van der Waals surface area (Å²) in [5.74, 6) is 2.36. The minimum Gasteiger partial charge on any atom is -0.493 e. The molecule has 2 amide bonds. The molecule has 0 fully saturated rings. The van der Waals surface area contributed by atoms with Crippen molar-refractivity contribution >= 4 is 11.8 Å². The maximum atomic E-state index is 13.3. The number of carbonyl (C=O) groups is 2. The number of methoxy groups -OCH3 is 2. The third-order valence-corrected chi connectivity index (χ3v) is 5.53. The summed E-state index contributed by atoms with van der Waals surface area (Å²) in [6, 6.07) is 12.0. The Kier molecular flexibility index (Phi) is 7.62. The van der Waals surface area contributed by atoms with Crippen molar-refractivity contribution in [3.63, 3.8) is 0 Å². The Morgan fingerprint density at radius 1 is 1.03 bits per heavy atom. The van der Waals surface area contributed by atoms with E-state index in [9.17, 15) is 9.59 Å². The second kappa shape index (κ2) is 11.0. The molecule has 2 aromatic carbocycles. The van der Waals surface area contributed by atoms with Crippen LogP contribution in [0.2, 0.25) is 0 Å². The molecule has 10 heteroatoms. The Morgan fingerprint density at radius 3 is 2.56 bits per heavy atom. The van der Waals surface area contributed by atoms with E-state index < -0.39 is 0 Å². The summed E-state index contributed by atoms with van der Waals surface area (Å²) in [7, 11) is 3.06. The van der Waals surface area contributed by atoms with Crippen LogP contribution in [0.1, 0.15) is 46.0 Å². The van der Waals surface area contributed by atoms with Gasteiger partial charge in [-0.1, -0.05) is 25.1 Å². The van der Waals surface area contributed by atoms with E-state index in [2.05, 4.69) is 10.5 Å². The molecule has 0 radical (unpaired) electrons. The van der Waals surface area contributed by atoms with Crippen LogP contribution in [0.4, 0.5) is 0 Å². The largest absolute Gasteiger partial charge is 0.493 e. The Labute approximate surface area is 209 Å². The summed E-state index contributed by atoms with van der Waals surface area (Å²) >= 11 is 0. The Hall–Kier alpha value is -4.21. The highest BCUT2D eigenvalue weighted by molar-refractivity contribution is 5.95. The first kappa shape index (κ1) is 24.9. The predicted octanol–water partition coefficient (Wildman–Crippen LogP) is 3.65. The topological polar surface area (TPSA) is 112 Å².